The van der Waals surface area contributed by atoms with E-state index in [0.717, 1.165) is 25.9 Å². The van der Waals surface area contributed by atoms with Crippen LogP contribution in [-0.4, -0.2) is 55.3 Å². The molecule has 6 nitrogen and oxygen atoms in total. The van der Waals surface area contributed by atoms with E-state index in [1.165, 1.54) is 0 Å². The molecule has 1 amide bonds. The number of rotatable bonds is 5. The standard InChI is InChI=1S/C15H28N2O4/c1-5-20-13(18)11-17-8-6-12(7-9-17)10-16-14(19)21-15(2,3)4/h12H,5-11H2,1-4H3,(H,16,19). The third-order valence-corrected chi connectivity index (χ3v) is 3.30. The first-order valence-electron chi connectivity index (χ1n) is 7.65. The normalized spacial score (nSPS) is 17.3. The van der Waals surface area contributed by atoms with Crippen molar-refractivity contribution in [1.29, 1.82) is 0 Å². The second-order valence-electron chi connectivity index (χ2n) is 6.41. The van der Waals surface area contributed by atoms with Crippen LogP contribution in [-0.2, 0) is 14.3 Å². The van der Waals surface area contributed by atoms with Crippen LogP contribution in [0.5, 0.6) is 0 Å². The molecular weight excluding hydrogens is 272 g/mol. The first kappa shape index (κ1) is 17.8. The molecule has 0 aromatic heterocycles. The van der Waals surface area contributed by atoms with Crippen molar-refractivity contribution in [3.63, 3.8) is 0 Å². The van der Waals surface area contributed by atoms with Gasteiger partial charge in [-0.15, -0.1) is 0 Å². The smallest absolute Gasteiger partial charge is 0.407 e. The molecule has 0 saturated carbocycles. The first-order valence-corrected chi connectivity index (χ1v) is 7.65. The van der Waals surface area contributed by atoms with Crippen LogP contribution >= 0.6 is 0 Å². The maximum absolute atomic E-state index is 11.6. The lowest BCUT2D eigenvalue weighted by molar-refractivity contribution is -0.144. The SMILES string of the molecule is CCOC(=O)CN1CCC(CNC(=O)OC(C)(C)C)CC1. The number of amides is 1. The maximum Gasteiger partial charge on any atom is 0.407 e. The molecule has 1 N–H and O–H groups in total. The van der Waals surface area contributed by atoms with Crippen LogP contribution in [0.15, 0.2) is 0 Å². The predicted molar refractivity (Wildman–Crippen MR) is 80.0 cm³/mol. The van der Waals surface area contributed by atoms with Crippen LogP contribution in [0.2, 0.25) is 0 Å². The number of likely N-dealkylation sites (tertiary alicyclic amines) is 1. The molecule has 0 aromatic carbocycles. The third kappa shape index (κ3) is 7.90. The Labute approximate surface area is 127 Å². The molecule has 0 aromatic rings. The van der Waals surface area contributed by atoms with Crippen molar-refractivity contribution < 1.29 is 19.1 Å². The molecule has 1 aliphatic heterocycles. The summed E-state index contributed by atoms with van der Waals surface area (Å²) in [6, 6.07) is 0. The molecule has 21 heavy (non-hydrogen) atoms. The Bertz CT molecular complexity index is 344. The van der Waals surface area contributed by atoms with Crippen LogP contribution in [0, 0.1) is 5.92 Å². The highest BCUT2D eigenvalue weighted by atomic mass is 16.6. The van der Waals surface area contributed by atoms with Gasteiger partial charge >= 0.3 is 12.1 Å². The van der Waals surface area contributed by atoms with Gasteiger partial charge in [-0.05, 0) is 59.5 Å². The summed E-state index contributed by atoms with van der Waals surface area (Å²) in [5.74, 6) is 0.277. The number of esters is 1. The van der Waals surface area contributed by atoms with Gasteiger partial charge in [-0.25, -0.2) is 4.79 Å². The summed E-state index contributed by atoms with van der Waals surface area (Å²) in [6.45, 7) is 10.5. The van der Waals surface area contributed by atoms with Gasteiger partial charge in [0.15, 0.2) is 0 Å². The molecule has 122 valence electrons. The Morgan fingerprint density at radius 3 is 2.38 bits per heavy atom. The number of alkyl carbamates (subject to hydrolysis) is 1. The van der Waals surface area contributed by atoms with Crippen molar-refractivity contribution in [3.8, 4) is 0 Å². The summed E-state index contributed by atoms with van der Waals surface area (Å²) in [5, 5.41) is 2.81. The lowest BCUT2D eigenvalue weighted by Gasteiger charge is -2.31. The van der Waals surface area contributed by atoms with Gasteiger partial charge in [-0.2, -0.15) is 0 Å². The summed E-state index contributed by atoms with van der Waals surface area (Å²) in [5.41, 5.74) is -0.465. The van der Waals surface area contributed by atoms with E-state index in [0.29, 0.717) is 25.6 Å². The van der Waals surface area contributed by atoms with E-state index in [4.69, 9.17) is 9.47 Å². The van der Waals surface area contributed by atoms with Gasteiger partial charge in [0.2, 0.25) is 0 Å². The number of nitrogens with one attached hydrogen (secondary N) is 1. The quantitative estimate of drug-likeness (QED) is 0.784. The lowest BCUT2D eigenvalue weighted by atomic mass is 9.97. The summed E-state index contributed by atoms with van der Waals surface area (Å²) in [6.07, 6.45) is 1.57. The summed E-state index contributed by atoms with van der Waals surface area (Å²) in [7, 11) is 0. The van der Waals surface area contributed by atoms with E-state index < -0.39 is 5.60 Å². The summed E-state index contributed by atoms with van der Waals surface area (Å²) >= 11 is 0. The zero-order chi connectivity index (χ0) is 15.9. The van der Waals surface area contributed by atoms with Gasteiger partial charge in [0.1, 0.15) is 5.60 Å². The molecule has 0 spiro atoms. The molecule has 0 aliphatic carbocycles. The maximum atomic E-state index is 11.6. The molecule has 0 unspecified atom stereocenters. The van der Waals surface area contributed by atoms with Gasteiger partial charge in [-0.3, -0.25) is 9.69 Å². The Hall–Kier alpha value is -1.30. The number of carbonyl (C=O) groups is 2. The molecule has 0 atom stereocenters. The van der Waals surface area contributed by atoms with Gasteiger partial charge in [0, 0.05) is 6.54 Å². The minimum absolute atomic E-state index is 0.164. The Morgan fingerprint density at radius 2 is 1.86 bits per heavy atom. The van der Waals surface area contributed by atoms with Crippen molar-refractivity contribution >= 4 is 12.1 Å². The van der Waals surface area contributed by atoms with Crippen LogP contribution in [0.4, 0.5) is 4.79 Å². The molecule has 0 bridgehead atoms. The fourth-order valence-corrected chi connectivity index (χ4v) is 2.28. The average molecular weight is 300 g/mol. The molecule has 6 heteroatoms. The molecule has 1 fully saturated rings. The number of piperidine rings is 1. The predicted octanol–water partition coefficient (Wildman–Crippen LogP) is 1.79. The van der Waals surface area contributed by atoms with Gasteiger partial charge in [0.05, 0.1) is 13.2 Å². The van der Waals surface area contributed by atoms with E-state index in [9.17, 15) is 9.59 Å². The minimum Gasteiger partial charge on any atom is -0.465 e. The first-order chi connectivity index (χ1) is 9.80. The zero-order valence-corrected chi connectivity index (χ0v) is 13.6. The van der Waals surface area contributed by atoms with Crippen molar-refractivity contribution in [2.75, 3.05) is 32.8 Å². The van der Waals surface area contributed by atoms with Gasteiger partial charge in [0.25, 0.3) is 0 Å². The van der Waals surface area contributed by atoms with Crippen molar-refractivity contribution in [1.82, 2.24) is 10.2 Å². The van der Waals surface area contributed by atoms with Crippen molar-refractivity contribution in [2.24, 2.45) is 5.92 Å². The third-order valence-electron chi connectivity index (χ3n) is 3.30. The van der Waals surface area contributed by atoms with Gasteiger partial charge < -0.3 is 14.8 Å². The van der Waals surface area contributed by atoms with E-state index in [-0.39, 0.29) is 12.1 Å². The fraction of sp³-hybridized carbons (Fsp3) is 0.867. The minimum atomic E-state index is -0.465. The Balaban J connectivity index is 2.19. The number of hydrogen-bond acceptors (Lipinski definition) is 5. The number of ether oxygens (including phenoxy) is 2. The van der Waals surface area contributed by atoms with E-state index in [1.807, 2.05) is 27.7 Å². The summed E-state index contributed by atoms with van der Waals surface area (Å²) < 4.78 is 10.2. The highest BCUT2D eigenvalue weighted by Gasteiger charge is 2.22. The largest absolute Gasteiger partial charge is 0.465 e. The van der Waals surface area contributed by atoms with Crippen LogP contribution in [0.1, 0.15) is 40.5 Å². The molecule has 1 aliphatic rings. The highest BCUT2D eigenvalue weighted by molar-refractivity contribution is 5.71. The van der Waals surface area contributed by atoms with Gasteiger partial charge in [-0.1, -0.05) is 0 Å². The monoisotopic (exact) mass is 300 g/mol. The average Bonchev–Trinajstić information content (AvgIpc) is 2.36. The Kier molecular flexibility index (Phi) is 6.95. The fourth-order valence-electron chi connectivity index (χ4n) is 2.28. The summed E-state index contributed by atoms with van der Waals surface area (Å²) in [4.78, 5) is 25.1. The van der Waals surface area contributed by atoms with Crippen molar-refractivity contribution in [2.45, 2.75) is 46.1 Å². The number of nitrogens with zero attached hydrogens (tertiary/aromatic N) is 1. The second-order valence-corrected chi connectivity index (χ2v) is 6.41. The second kappa shape index (κ2) is 8.22. The van der Waals surface area contributed by atoms with Crippen LogP contribution in [0.25, 0.3) is 0 Å². The Morgan fingerprint density at radius 1 is 1.24 bits per heavy atom. The molecule has 1 saturated heterocycles. The molecule has 1 rings (SSSR count). The van der Waals surface area contributed by atoms with Crippen LogP contribution < -0.4 is 5.32 Å². The topological polar surface area (TPSA) is 67.9 Å². The molecular formula is C15H28N2O4. The zero-order valence-electron chi connectivity index (χ0n) is 13.6. The van der Waals surface area contributed by atoms with Crippen LogP contribution in [0.3, 0.4) is 0 Å². The highest BCUT2D eigenvalue weighted by Crippen LogP contribution is 2.16. The van der Waals surface area contributed by atoms with E-state index >= 15 is 0 Å². The number of hydrogen-bond donors (Lipinski definition) is 1. The molecule has 0 radical (unpaired) electrons. The van der Waals surface area contributed by atoms with Crippen molar-refractivity contribution in [3.05, 3.63) is 0 Å². The van der Waals surface area contributed by atoms with E-state index in [1.54, 1.807) is 0 Å². The number of carbonyl (C=O) groups excluding carboxylic acids is 2. The lowest BCUT2D eigenvalue weighted by Crippen LogP contribution is -2.42. The molecule has 1 heterocycles. The van der Waals surface area contributed by atoms with E-state index in [2.05, 4.69) is 10.2 Å².